The smallest absolute Gasteiger partial charge is 0.223 e. The highest BCUT2D eigenvalue weighted by atomic mass is 19.1. The van der Waals surface area contributed by atoms with E-state index in [1.54, 1.807) is 12.1 Å². The number of rotatable bonds is 6. The van der Waals surface area contributed by atoms with E-state index < -0.39 is 5.41 Å². The van der Waals surface area contributed by atoms with E-state index in [2.05, 4.69) is 6.92 Å². The number of hydrogen-bond acceptors (Lipinski definition) is 2. The molecule has 0 bridgehead atoms. The van der Waals surface area contributed by atoms with Gasteiger partial charge in [0.15, 0.2) is 0 Å². The summed E-state index contributed by atoms with van der Waals surface area (Å²) in [5.74, 6) is 0.0835. The molecule has 1 aromatic rings. The second-order valence-electron chi connectivity index (χ2n) is 8.41. The van der Waals surface area contributed by atoms with E-state index in [0.29, 0.717) is 25.3 Å². The molecule has 0 unspecified atom stereocenters. The molecule has 0 spiro atoms. The molecule has 2 fully saturated rings. The van der Waals surface area contributed by atoms with Crippen LogP contribution in [-0.4, -0.2) is 29.3 Å². The van der Waals surface area contributed by atoms with E-state index in [1.807, 2.05) is 4.90 Å². The number of carbonyl (C=O) groups excluding carboxylic acids is 2. The van der Waals surface area contributed by atoms with Crippen molar-refractivity contribution in [3.8, 4) is 0 Å². The summed E-state index contributed by atoms with van der Waals surface area (Å²) in [6.45, 7) is 2.87. The summed E-state index contributed by atoms with van der Waals surface area (Å²) in [4.78, 5) is 26.6. The number of primary amides is 1. The minimum Gasteiger partial charge on any atom is -0.370 e. The van der Waals surface area contributed by atoms with Gasteiger partial charge in [0.25, 0.3) is 0 Å². The summed E-state index contributed by atoms with van der Waals surface area (Å²) in [5, 5.41) is 0. The Hall–Kier alpha value is -1.91. The molecule has 3 rings (SSSR count). The third kappa shape index (κ3) is 4.50. The Labute approximate surface area is 161 Å². The first-order valence-electron chi connectivity index (χ1n) is 10.3. The van der Waals surface area contributed by atoms with Crippen LogP contribution in [0.4, 0.5) is 4.39 Å². The van der Waals surface area contributed by atoms with Crippen LogP contribution in [0, 0.1) is 11.7 Å². The molecule has 1 aliphatic carbocycles. The Balaban J connectivity index is 1.77. The van der Waals surface area contributed by atoms with Crippen molar-refractivity contribution in [2.45, 2.75) is 76.2 Å². The monoisotopic (exact) mass is 374 g/mol. The van der Waals surface area contributed by atoms with Crippen LogP contribution in [0.3, 0.4) is 0 Å². The third-order valence-electron chi connectivity index (χ3n) is 6.77. The normalized spacial score (nSPS) is 25.4. The average Bonchev–Trinajstić information content (AvgIpc) is 2.67. The molecule has 27 heavy (non-hydrogen) atoms. The molecule has 2 atom stereocenters. The molecule has 1 aliphatic heterocycles. The lowest BCUT2D eigenvalue weighted by atomic mass is 9.69. The van der Waals surface area contributed by atoms with Crippen LogP contribution in [0.25, 0.3) is 0 Å². The Morgan fingerprint density at radius 2 is 1.93 bits per heavy atom. The maximum absolute atomic E-state index is 13.4. The van der Waals surface area contributed by atoms with Gasteiger partial charge in [-0.1, -0.05) is 31.4 Å². The summed E-state index contributed by atoms with van der Waals surface area (Å²) < 4.78 is 13.4. The minimum atomic E-state index is -0.428. The van der Waals surface area contributed by atoms with Crippen molar-refractivity contribution in [3.05, 3.63) is 35.6 Å². The molecule has 4 nitrogen and oxygen atoms in total. The molecule has 2 N–H and O–H groups in total. The number of hydrogen-bond donors (Lipinski definition) is 1. The first kappa shape index (κ1) is 19.8. The predicted octanol–water partition coefficient (Wildman–Crippen LogP) is 3.92. The Bertz CT molecular complexity index is 669. The number of amides is 2. The van der Waals surface area contributed by atoms with Crippen molar-refractivity contribution in [2.75, 3.05) is 6.54 Å². The van der Waals surface area contributed by atoms with Crippen molar-refractivity contribution in [3.63, 3.8) is 0 Å². The standard InChI is InChI=1S/C22H31FN2O2/c1-16(17-5-3-2-4-6-17)25-14-13-22(15-21(25)27,12-11-20(24)26)18-7-9-19(23)10-8-18/h7-10,16-17H,2-6,11-15H2,1H3,(H2,24,26)/t16-,22-/m0/s1. The van der Waals surface area contributed by atoms with Gasteiger partial charge in [0.05, 0.1) is 0 Å². The second-order valence-corrected chi connectivity index (χ2v) is 8.41. The lowest BCUT2D eigenvalue weighted by Gasteiger charge is -2.46. The number of piperidine rings is 1. The van der Waals surface area contributed by atoms with Crippen molar-refractivity contribution >= 4 is 11.8 Å². The number of likely N-dealkylation sites (tertiary alicyclic amines) is 1. The zero-order chi connectivity index (χ0) is 19.4. The maximum Gasteiger partial charge on any atom is 0.223 e. The van der Waals surface area contributed by atoms with Gasteiger partial charge in [-0.05, 0) is 56.2 Å². The third-order valence-corrected chi connectivity index (χ3v) is 6.77. The van der Waals surface area contributed by atoms with E-state index in [0.717, 1.165) is 12.0 Å². The number of nitrogens with two attached hydrogens (primary N) is 1. The number of benzene rings is 1. The summed E-state index contributed by atoms with van der Waals surface area (Å²) in [7, 11) is 0. The SMILES string of the molecule is C[C@@H](C1CCCCC1)N1CC[C@](CCC(N)=O)(c2ccc(F)cc2)CC1=O. The lowest BCUT2D eigenvalue weighted by molar-refractivity contribution is -0.140. The fraction of sp³-hybridized carbons (Fsp3) is 0.636. The van der Waals surface area contributed by atoms with Crippen LogP contribution < -0.4 is 5.73 Å². The molecule has 1 saturated carbocycles. The van der Waals surface area contributed by atoms with E-state index in [4.69, 9.17) is 5.73 Å². The van der Waals surface area contributed by atoms with E-state index in [1.165, 1.54) is 44.2 Å². The van der Waals surface area contributed by atoms with Crippen molar-refractivity contribution in [2.24, 2.45) is 11.7 Å². The van der Waals surface area contributed by atoms with Crippen LogP contribution in [0.15, 0.2) is 24.3 Å². The first-order valence-corrected chi connectivity index (χ1v) is 10.3. The number of carbonyl (C=O) groups is 2. The van der Waals surface area contributed by atoms with Gasteiger partial charge in [0, 0.05) is 30.8 Å². The molecular weight excluding hydrogens is 343 g/mol. The minimum absolute atomic E-state index is 0.146. The Kier molecular flexibility index (Phi) is 6.18. The van der Waals surface area contributed by atoms with E-state index in [-0.39, 0.29) is 30.1 Å². The first-order chi connectivity index (χ1) is 12.9. The molecule has 1 heterocycles. The molecular formula is C22H31FN2O2. The average molecular weight is 375 g/mol. The quantitative estimate of drug-likeness (QED) is 0.820. The predicted molar refractivity (Wildman–Crippen MR) is 103 cm³/mol. The summed E-state index contributed by atoms with van der Waals surface area (Å²) in [6, 6.07) is 6.64. The van der Waals surface area contributed by atoms with Crippen molar-refractivity contribution < 1.29 is 14.0 Å². The second kappa shape index (κ2) is 8.41. The summed E-state index contributed by atoms with van der Waals surface area (Å²) in [6.07, 6.45) is 8.15. The summed E-state index contributed by atoms with van der Waals surface area (Å²) >= 11 is 0. The molecule has 5 heteroatoms. The van der Waals surface area contributed by atoms with Gasteiger partial charge >= 0.3 is 0 Å². The van der Waals surface area contributed by atoms with Crippen molar-refractivity contribution in [1.82, 2.24) is 4.90 Å². The van der Waals surface area contributed by atoms with Gasteiger partial charge in [-0.2, -0.15) is 0 Å². The number of nitrogens with zero attached hydrogens (tertiary/aromatic N) is 1. The van der Waals surface area contributed by atoms with E-state index >= 15 is 0 Å². The zero-order valence-corrected chi connectivity index (χ0v) is 16.3. The van der Waals surface area contributed by atoms with Crippen molar-refractivity contribution in [1.29, 1.82) is 0 Å². The van der Waals surface area contributed by atoms with Gasteiger partial charge < -0.3 is 10.6 Å². The largest absolute Gasteiger partial charge is 0.370 e. The van der Waals surface area contributed by atoms with Gasteiger partial charge in [-0.3, -0.25) is 9.59 Å². The highest BCUT2D eigenvalue weighted by molar-refractivity contribution is 5.80. The fourth-order valence-corrected chi connectivity index (χ4v) is 5.01. The van der Waals surface area contributed by atoms with Crippen LogP contribution >= 0.6 is 0 Å². The fourth-order valence-electron chi connectivity index (χ4n) is 5.01. The molecule has 1 aromatic carbocycles. The molecule has 0 radical (unpaired) electrons. The topological polar surface area (TPSA) is 63.4 Å². The molecule has 2 amide bonds. The van der Waals surface area contributed by atoms with Crippen LogP contribution in [0.1, 0.15) is 70.3 Å². The molecule has 148 valence electrons. The van der Waals surface area contributed by atoms with Crippen LogP contribution in [-0.2, 0) is 15.0 Å². The Morgan fingerprint density at radius 3 is 2.52 bits per heavy atom. The highest BCUT2D eigenvalue weighted by Crippen LogP contribution is 2.42. The highest BCUT2D eigenvalue weighted by Gasteiger charge is 2.42. The van der Waals surface area contributed by atoms with Gasteiger partial charge in [0.2, 0.25) is 11.8 Å². The number of halogens is 1. The molecule has 2 aliphatic rings. The van der Waals surface area contributed by atoms with Crippen LogP contribution in [0.5, 0.6) is 0 Å². The molecule has 1 saturated heterocycles. The van der Waals surface area contributed by atoms with Gasteiger partial charge in [0.1, 0.15) is 5.82 Å². The summed E-state index contributed by atoms with van der Waals surface area (Å²) in [5.41, 5.74) is 5.89. The van der Waals surface area contributed by atoms with E-state index in [9.17, 15) is 14.0 Å². The van der Waals surface area contributed by atoms with Crippen LogP contribution in [0.2, 0.25) is 0 Å². The molecule has 0 aromatic heterocycles. The Morgan fingerprint density at radius 1 is 1.26 bits per heavy atom. The van der Waals surface area contributed by atoms with Gasteiger partial charge in [-0.15, -0.1) is 0 Å². The lowest BCUT2D eigenvalue weighted by Crippen LogP contribution is -2.52. The zero-order valence-electron chi connectivity index (χ0n) is 16.3. The maximum atomic E-state index is 13.4. The van der Waals surface area contributed by atoms with Gasteiger partial charge in [-0.25, -0.2) is 4.39 Å².